The molecular weight excluding hydrogens is 484 g/mol. The molecule has 2 aromatic heterocycles. The number of rotatable bonds is 0. The molecule has 2 nitrogen and oxygen atoms in total. The first kappa shape index (κ1) is 23.6. The van der Waals surface area contributed by atoms with E-state index in [2.05, 4.69) is 148 Å². The highest BCUT2D eigenvalue weighted by molar-refractivity contribution is 6.41. The Morgan fingerprint density at radius 2 is 0.725 bits per heavy atom. The van der Waals surface area contributed by atoms with Crippen LogP contribution in [0.5, 0.6) is 0 Å². The molecule has 0 atom stereocenters. The van der Waals surface area contributed by atoms with Crippen LogP contribution in [0.15, 0.2) is 97.1 Å². The molecule has 0 amide bonds. The van der Waals surface area contributed by atoms with Crippen molar-refractivity contribution in [2.45, 2.75) is 52.6 Å². The van der Waals surface area contributed by atoms with Gasteiger partial charge in [-0.05, 0) is 75.2 Å². The Bertz CT molecular complexity index is 2160. The molecule has 0 unspecified atom stereocenters. The van der Waals surface area contributed by atoms with Gasteiger partial charge in [-0.2, -0.15) is 0 Å². The van der Waals surface area contributed by atoms with E-state index in [1.165, 1.54) is 75.9 Å². The third kappa shape index (κ3) is 2.94. The van der Waals surface area contributed by atoms with Crippen LogP contribution in [0.25, 0.3) is 75.9 Å². The van der Waals surface area contributed by atoms with Crippen molar-refractivity contribution >= 4 is 75.9 Å². The van der Waals surface area contributed by atoms with Gasteiger partial charge in [-0.1, -0.05) is 84.9 Å². The van der Waals surface area contributed by atoms with E-state index in [4.69, 9.17) is 0 Å². The zero-order valence-electron chi connectivity index (χ0n) is 24.1. The van der Waals surface area contributed by atoms with Gasteiger partial charge in [-0.25, -0.2) is 0 Å². The quantitative estimate of drug-likeness (QED) is 0.189. The first-order valence-electron chi connectivity index (χ1n) is 14.4. The summed E-state index contributed by atoms with van der Waals surface area (Å²) in [4.78, 5) is 0. The van der Waals surface area contributed by atoms with Crippen molar-refractivity contribution in [3.05, 3.63) is 97.1 Å². The average molecular weight is 519 g/mol. The van der Waals surface area contributed by atoms with Crippen molar-refractivity contribution in [3.63, 3.8) is 0 Å². The lowest BCUT2D eigenvalue weighted by molar-refractivity contribution is 0.423. The summed E-state index contributed by atoms with van der Waals surface area (Å²) < 4.78 is 5.22. The molecule has 0 fully saturated rings. The lowest BCUT2D eigenvalue weighted by atomic mass is 9.95. The van der Waals surface area contributed by atoms with Gasteiger partial charge in [-0.3, -0.25) is 0 Å². The van der Waals surface area contributed by atoms with Crippen molar-refractivity contribution in [2.24, 2.45) is 0 Å². The first-order valence-corrected chi connectivity index (χ1v) is 14.4. The maximum atomic E-state index is 2.61. The zero-order valence-corrected chi connectivity index (χ0v) is 24.1. The van der Waals surface area contributed by atoms with E-state index < -0.39 is 0 Å². The second kappa shape index (κ2) is 7.67. The minimum Gasteiger partial charge on any atom is -0.335 e. The molecule has 0 bridgehead atoms. The molecule has 0 saturated carbocycles. The molecule has 0 N–H and O–H groups in total. The third-order valence-electron chi connectivity index (χ3n) is 8.75. The first-order chi connectivity index (χ1) is 19.2. The van der Waals surface area contributed by atoms with Crippen LogP contribution in [-0.4, -0.2) is 9.13 Å². The molecule has 0 aliphatic rings. The minimum absolute atomic E-state index is 0.108. The van der Waals surface area contributed by atoms with E-state index in [9.17, 15) is 0 Å². The second-order valence-electron chi connectivity index (χ2n) is 13.4. The second-order valence-corrected chi connectivity index (χ2v) is 13.4. The Balaban J connectivity index is 1.87. The Morgan fingerprint density at radius 1 is 0.375 bits per heavy atom. The van der Waals surface area contributed by atoms with Gasteiger partial charge in [-0.15, -0.1) is 0 Å². The molecule has 40 heavy (non-hydrogen) atoms. The fraction of sp³-hybridized carbons (Fsp3) is 0.211. The number of aromatic nitrogens is 2. The summed E-state index contributed by atoms with van der Waals surface area (Å²) in [6.45, 7) is 14.0. The number of hydrogen-bond donors (Lipinski definition) is 0. The molecule has 8 rings (SSSR count). The molecule has 6 aromatic carbocycles. The molecule has 8 aromatic rings. The largest absolute Gasteiger partial charge is 0.335 e. The summed E-state index contributed by atoms with van der Waals surface area (Å²) in [5, 5.41) is 13.3. The van der Waals surface area contributed by atoms with E-state index in [-0.39, 0.29) is 11.1 Å². The standard InChI is InChI=1S/C38H34N2/c1-37(2,3)39-29-21-19-23-13-7-9-15-25(23)31(29)33-34-32-26-16-10-8-14-24(26)20-22-30(32)40(38(4,5)6)36(34)28-18-12-11-17-27(28)35(33)39/h7-22H,1-6H3. The van der Waals surface area contributed by atoms with Crippen molar-refractivity contribution in [2.75, 3.05) is 0 Å². The summed E-state index contributed by atoms with van der Waals surface area (Å²) in [6, 6.07) is 36.2. The summed E-state index contributed by atoms with van der Waals surface area (Å²) in [6.07, 6.45) is 0. The zero-order chi connectivity index (χ0) is 27.6. The fourth-order valence-electron chi connectivity index (χ4n) is 7.41. The van der Waals surface area contributed by atoms with Gasteiger partial charge in [0.05, 0.1) is 22.1 Å². The molecule has 196 valence electrons. The van der Waals surface area contributed by atoms with Gasteiger partial charge in [0.15, 0.2) is 0 Å². The summed E-state index contributed by atoms with van der Waals surface area (Å²) >= 11 is 0. The van der Waals surface area contributed by atoms with Gasteiger partial charge >= 0.3 is 0 Å². The molecule has 2 heteroatoms. The number of nitrogens with zero attached hydrogens (tertiary/aromatic N) is 2. The summed E-state index contributed by atoms with van der Waals surface area (Å²) in [5.74, 6) is 0. The van der Waals surface area contributed by atoms with Crippen LogP contribution in [0.4, 0.5) is 0 Å². The predicted molar refractivity (Wildman–Crippen MR) is 175 cm³/mol. The number of benzene rings is 6. The molecule has 2 heterocycles. The van der Waals surface area contributed by atoms with Crippen LogP contribution in [-0.2, 0) is 11.1 Å². The van der Waals surface area contributed by atoms with E-state index >= 15 is 0 Å². The molecule has 0 saturated heterocycles. The van der Waals surface area contributed by atoms with E-state index in [0.717, 1.165) is 0 Å². The number of hydrogen-bond acceptors (Lipinski definition) is 0. The monoisotopic (exact) mass is 518 g/mol. The highest BCUT2D eigenvalue weighted by Crippen LogP contribution is 2.50. The number of fused-ring (bicyclic) bond motifs is 14. The maximum Gasteiger partial charge on any atom is 0.0584 e. The van der Waals surface area contributed by atoms with Crippen LogP contribution >= 0.6 is 0 Å². The van der Waals surface area contributed by atoms with Crippen LogP contribution in [0.2, 0.25) is 0 Å². The van der Waals surface area contributed by atoms with Crippen LogP contribution in [0, 0.1) is 0 Å². The molecule has 0 spiro atoms. The molecular formula is C38H34N2. The predicted octanol–water partition coefficient (Wildman–Crippen LogP) is 10.9. The SMILES string of the molecule is CC(C)(C)n1c2ccc3ccccc3c2c2c3c4c5ccccc5ccc4n(C(C)(C)C)c3c3ccccc3c21. The van der Waals surface area contributed by atoms with E-state index in [1.54, 1.807) is 0 Å². The normalized spacial score (nSPS) is 13.2. The van der Waals surface area contributed by atoms with Gasteiger partial charge in [0, 0.05) is 43.4 Å². The molecule has 0 aliphatic heterocycles. The molecule has 0 aliphatic carbocycles. The lowest BCUT2D eigenvalue weighted by Crippen LogP contribution is -2.22. The smallest absolute Gasteiger partial charge is 0.0584 e. The third-order valence-corrected chi connectivity index (χ3v) is 8.75. The van der Waals surface area contributed by atoms with Crippen molar-refractivity contribution in [3.8, 4) is 0 Å². The van der Waals surface area contributed by atoms with Gasteiger partial charge in [0.2, 0.25) is 0 Å². The molecule has 0 radical (unpaired) electrons. The Morgan fingerprint density at radius 3 is 1.10 bits per heavy atom. The van der Waals surface area contributed by atoms with E-state index in [1.807, 2.05) is 0 Å². The Hall–Kier alpha value is -4.30. The average Bonchev–Trinajstić information content (AvgIpc) is 3.47. The van der Waals surface area contributed by atoms with E-state index in [0.29, 0.717) is 0 Å². The van der Waals surface area contributed by atoms with Crippen molar-refractivity contribution < 1.29 is 0 Å². The summed E-state index contributed by atoms with van der Waals surface area (Å²) in [5.41, 5.74) is 5.06. The Kier molecular flexibility index (Phi) is 4.52. The van der Waals surface area contributed by atoms with Crippen LogP contribution < -0.4 is 0 Å². The van der Waals surface area contributed by atoms with Crippen molar-refractivity contribution in [1.29, 1.82) is 0 Å². The highest BCUT2D eigenvalue weighted by Gasteiger charge is 2.30. The van der Waals surface area contributed by atoms with Gasteiger partial charge in [0.1, 0.15) is 0 Å². The topological polar surface area (TPSA) is 9.86 Å². The van der Waals surface area contributed by atoms with Crippen molar-refractivity contribution in [1.82, 2.24) is 9.13 Å². The van der Waals surface area contributed by atoms with Gasteiger partial charge < -0.3 is 9.13 Å². The lowest BCUT2D eigenvalue weighted by Gasteiger charge is -2.26. The highest BCUT2D eigenvalue weighted by atomic mass is 15.1. The van der Waals surface area contributed by atoms with Gasteiger partial charge in [0.25, 0.3) is 0 Å². The Labute approximate surface area is 234 Å². The summed E-state index contributed by atoms with van der Waals surface area (Å²) in [7, 11) is 0. The minimum atomic E-state index is -0.108. The fourth-order valence-corrected chi connectivity index (χ4v) is 7.41. The van der Waals surface area contributed by atoms with Crippen LogP contribution in [0.3, 0.4) is 0 Å². The maximum absolute atomic E-state index is 2.61. The van der Waals surface area contributed by atoms with Crippen LogP contribution in [0.1, 0.15) is 41.5 Å².